The Balaban J connectivity index is 1.59. The van der Waals surface area contributed by atoms with Gasteiger partial charge in [0.1, 0.15) is 19.3 Å². The number of aromatic amines is 1. The number of esters is 1. The van der Waals surface area contributed by atoms with E-state index >= 15 is 0 Å². The van der Waals surface area contributed by atoms with Gasteiger partial charge in [0.05, 0.1) is 12.7 Å². The molecule has 34 heavy (non-hydrogen) atoms. The van der Waals surface area contributed by atoms with Crippen molar-refractivity contribution in [3.8, 4) is 0 Å². The third-order valence-electron chi connectivity index (χ3n) is 5.07. The maximum absolute atomic E-state index is 13.6. The molecule has 0 saturated heterocycles. The molecule has 9 nitrogen and oxygen atoms in total. The summed E-state index contributed by atoms with van der Waals surface area (Å²) < 4.78 is 31.2. The van der Waals surface area contributed by atoms with E-state index in [2.05, 4.69) is 0 Å². The quantitative estimate of drug-likeness (QED) is 0.458. The number of benzene rings is 2. The number of nitrogens with one attached hydrogen (secondary N) is 1. The molecule has 1 aliphatic rings. The van der Waals surface area contributed by atoms with Gasteiger partial charge in [-0.25, -0.2) is 9.59 Å². The molecular formula is C24H21FN2O7. The van der Waals surface area contributed by atoms with Crippen molar-refractivity contribution in [1.29, 1.82) is 0 Å². The number of ether oxygens (including phenoxy) is 3. The zero-order chi connectivity index (χ0) is 24.1. The van der Waals surface area contributed by atoms with Gasteiger partial charge in [0.25, 0.3) is 5.56 Å². The molecule has 0 fully saturated rings. The molecule has 176 valence electrons. The number of aromatic nitrogens is 2. The number of H-pyrrole nitrogens is 1. The zero-order valence-electron chi connectivity index (χ0n) is 17.8. The van der Waals surface area contributed by atoms with E-state index in [1.54, 1.807) is 4.98 Å². The lowest BCUT2D eigenvalue weighted by Gasteiger charge is -2.21. The molecule has 4 rings (SSSR count). The number of nitrogens with zero attached hydrogens (tertiary/aromatic N) is 1. The van der Waals surface area contributed by atoms with Crippen LogP contribution in [0.1, 0.15) is 11.1 Å². The predicted octanol–water partition coefficient (Wildman–Crippen LogP) is 1.61. The molecule has 1 aromatic heterocycles. The van der Waals surface area contributed by atoms with Crippen molar-refractivity contribution in [3.05, 3.63) is 116 Å². The van der Waals surface area contributed by atoms with Gasteiger partial charge in [-0.3, -0.25) is 14.3 Å². The second-order valence-corrected chi connectivity index (χ2v) is 7.52. The summed E-state index contributed by atoms with van der Waals surface area (Å²) in [5.74, 6) is -2.29. The minimum atomic E-state index is -1.50. The van der Waals surface area contributed by atoms with E-state index in [0.29, 0.717) is 6.20 Å². The number of rotatable bonds is 9. The van der Waals surface area contributed by atoms with Crippen LogP contribution >= 0.6 is 0 Å². The van der Waals surface area contributed by atoms with E-state index in [1.807, 2.05) is 60.7 Å². The largest absolute Gasteiger partial charge is 0.485 e. The Labute approximate surface area is 192 Å². The maximum atomic E-state index is 13.6. The molecule has 0 amide bonds. The first kappa shape index (κ1) is 23.0. The molecule has 3 aromatic rings. The highest BCUT2D eigenvalue weighted by Crippen LogP contribution is 2.29. The van der Waals surface area contributed by atoms with Crippen LogP contribution in [0.3, 0.4) is 0 Å². The minimum Gasteiger partial charge on any atom is -0.485 e. The van der Waals surface area contributed by atoms with Gasteiger partial charge in [-0.05, 0) is 11.1 Å². The van der Waals surface area contributed by atoms with E-state index in [9.17, 15) is 23.9 Å². The maximum Gasteiger partial charge on any atom is 0.378 e. The second-order valence-electron chi connectivity index (χ2n) is 7.52. The fraction of sp³-hybridized carbons (Fsp3) is 0.208. The number of carbonyl (C=O) groups excluding carboxylic acids is 1. The Morgan fingerprint density at radius 2 is 1.56 bits per heavy atom. The van der Waals surface area contributed by atoms with E-state index in [-0.39, 0.29) is 24.7 Å². The van der Waals surface area contributed by atoms with Crippen LogP contribution in [0.5, 0.6) is 0 Å². The predicted molar refractivity (Wildman–Crippen MR) is 117 cm³/mol. The van der Waals surface area contributed by atoms with Gasteiger partial charge in [-0.1, -0.05) is 60.7 Å². The van der Waals surface area contributed by atoms with Crippen LogP contribution in [0.2, 0.25) is 0 Å². The normalized spacial score (nSPS) is 16.3. The summed E-state index contributed by atoms with van der Waals surface area (Å²) in [7, 11) is 0. The van der Waals surface area contributed by atoms with E-state index in [4.69, 9.17) is 14.2 Å². The van der Waals surface area contributed by atoms with Crippen molar-refractivity contribution in [2.45, 2.75) is 32.0 Å². The van der Waals surface area contributed by atoms with Crippen LogP contribution in [-0.4, -0.2) is 32.8 Å². The molecule has 0 bridgehead atoms. The van der Waals surface area contributed by atoms with E-state index in [0.717, 1.165) is 15.7 Å². The van der Waals surface area contributed by atoms with Gasteiger partial charge in [0, 0.05) is 0 Å². The molecule has 0 radical (unpaired) electrons. The number of hydrogen-bond donors (Lipinski definition) is 2. The Kier molecular flexibility index (Phi) is 6.88. The molecule has 0 spiro atoms. The highest BCUT2D eigenvalue weighted by atomic mass is 19.1. The minimum absolute atomic E-state index is 0.0461. The third kappa shape index (κ3) is 5.24. The lowest BCUT2D eigenvalue weighted by molar-refractivity contribution is -0.148. The number of aliphatic hydroxyl groups excluding tert-OH is 1. The summed E-state index contributed by atoms with van der Waals surface area (Å²) >= 11 is 0. The lowest BCUT2D eigenvalue weighted by atomic mass is 10.1. The molecule has 2 aromatic carbocycles. The van der Waals surface area contributed by atoms with Gasteiger partial charge in [-0.15, -0.1) is 0 Å². The summed E-state index contributed by atoms with van der Waals surface area (Å²) in [6.07, 6.45) is -2.15. The van der Waals surface area contributed by atoms with Crippen molar-refractivity contribution < 1.29 is 28.5 Å². The first-order valence-corrected chi connectivity index (χ1v) is 10.4. The summed E-state index contributed by atoms with van der Waals surface area (Å²) in [6.45, 7) is -0.368. The number of carbonyl (C=O) groups is 1. The topological polar surface area (TPSA) is 120 Å². The number of cyclic esters (lactones) is 1. The summed E-state index contributed by atoms with van der Waals surface area (Å²) in [6, 6.07) is 18.2. The van der Waals surface area contributed by atoms with Crippen LogP contribution < -0.4 is 11.2 Å². The highest BCUT2D eigenvalue weighted by Gasteiger charge is 2.42. The molecule has 2 atom stereocenters. The van der Waals surface area contributed by atoms with Crippen molar-refractivity contribution in [1.82, 2.24) is 9.55 Å². The average Bonchev–Trinajstić information content (AvgIpc) is 3.16. The molecule has 0 saturated carbocycles. The molecule has 10 heteroatoms. The fourth-order valence-corrected chi connectivity index (χ4v) is 3.36. The number of halogens is 1. The van der Waals surface area contributed by atoms with Crippen molar-refractivity contribution in [3.63, 3.8) is 0 Å². The number of hydrogen-bond acceptors (Lipinski definition) is 7. The Bertz CT molecular complexity index is 1300. The van der Waals surface area contributed by atoms with Crippen LogP contribution in [-0.2, 0) is 38.8 Å². The smallest absolute Gasteiger partial charge is 0.378 e. The Hall–Kier alpha value is -4.18. The van der Waals surface area contributed by atoms with Crippen LogP contribution in [0, 0.1) is 5.82 Å². The summed E-state index contributed by atoms with van der Waals surface area (Å²) in [4.78, 5) is 37.6. The van der Waals surface area contributed by atoms with Crippen molar-refractivity contribution in [2.24, 2.45) is 0 Å². The lowest BCUT2D eigenvalue weighted by Crippen LogP contribution is -2.39. The van der Waals surface area contributed by atoms with E-state index in [1.165, 1.54) is 0 Å². The molecule has 0 aliphatic carbocycles. The SMILES string of the molecule is O=C1OC(C(O)Cn2cc(F)c(=O)[nH]c2=O)C(OCc2ccccc2)=C1OCc1ccccc1. The summed E-state index contributed by atoms with van der Waals surface area (Å²) in [5, 5.41) is 10.8. The van der Waals surface area contributed by atoms with Gasteiger partial charge >= 0.3 is 11.7 Å². The van der Waals surface area contributed by atoms with Crippen molar-refractivity contribution in [2.75, 3.05) is 0 Å². The Morgan fingerprint density at radius 3 is 2.18 bits per heavy atom. The van der Waals surface area contributed by atoms with Crippen molar-refractivity contribution >= 4 is 5.97 Å². The third-order valence-corrected chi connectivity index (χ3v) is 5.07. The molecular weight excluding hydrogens is 447 g/mol. The second kappa shape index (κ2) is 10.2. The monoisotopic (exact) mass is 468 g/mol. The molecule has 1 aliphatic heterocycles. The Morgan fingerprint density at radius 1 is 0.971 bits per heavy atom. The van der Waals surface area contributed by atoms with Gasteiger partial charge in [0.15, 0.2) is 11.9 Å². The standard InChI is InChI=1S/C24H21FN2O7/c25-17-11-27(24(31)26-22(17)29)12-18(28)19-20(32-13-15-7-3-1-4-8-15)21(23(30)34-19)33-14-16-9-5-2-6-10-16/h1-11,18-19,28H,12-14H2,(H,26,29,31). The van der Waals surface area contributed by atoms with Gasteiger partial charge in [-0.2, -0.15) is 4.39 Å². The molecule has 2 N–H and O–H groups in total. The van der Waals surface area contributed by atoms with Crippen LogP contribution in [0.4, 0.5) is 4.39 Å². The summed E-state index contributed by atoms with van der Waals surface area (Å²) in [5.41, 5.74) is -0.508. The van der Waals surface area contributed by atoms with E-state index < -0.39 is 41.8 Å². The first-order chi connectivity index (χ1) is 16.4. The first-order valence-electron chi connectivity index (χ1n) is 10.4. The van der Waals surface area contributed by atoms with Gasteiger partial charge < -0.3 is 19.3 Å². The average molecular weight is 468 g/mol. The fourth-order valence-electron chi connectivity index (χ4n) is 3.36. The molecule has 2 heterocycles. The van der Waals surface area contributed by atoms with Crippen LogP contribution in [0.25, 0.3) is 0 Å². The van der Waals surface area contributed by atoms with Crippen LogP contribution in [0.15, 0.2) is 88.0 Å². The highest BCUT2D eigenvalue weighted by molar-refractivity contribution is 5.89. The zero-order valence-corrected chi connectivity index (χ0v) is 17.8. The van der Waals surface area contributed by atoms with Gasteiger partial charge in [0.2, 0.25) is 11.6 Å². The number of aliphatic hydroxyl groups is 1. The molecule has 2 unspecified atom stereocenters.